The van der Waals surface area contributed by atoms with Gasteiger partial charge in [0.15, 0.2) is 0 Å². The highest BCUT2D eigenvalue weighted by molar-refractivity contribution is 5.85. The zero-order chi connectivity index (χ0) is 13.7. The van der Waals surface area contributed by atoms with Crippen LogP contribution in [0.4, 0.5) is 4.39 Å². The second kappa shape index (κ2) is 8.57. The minimum atomic E-state index is -0.148. The van der Waals surface area contributed by atoms with E-state index in [4.69, 9.17) is 5.11 Å². The highest BCUT2D eigenvalue weighted by atomic mass is 35.5. The Labute approximate surface area is 126 Å². The Hall–Kier alpha value is -0.680. The van der Waals surface area contributed by atoms with Gasteiger partial charge >= 0.3 is 0 Å². The molecule has 0 aliphatic carbocycles. The van der Waals surface area contributed by atoms with Gasteiger partial charge in [0.2, 0.25) is 0 Å². The largest absolute Gasteiger partial charge is 0.396 e. The van der Waals surface area contributed by atoms with Gasteiger partial charge in [0.05, 0.1) is 0 Å². The van der Waals surface area contributed by atoms with E-state index in [0.29, 0.717) is 5.56 Å². The maximum absolute atomic E-state index is 13.4. The van der Waals surface area contributed by atoms with Crippen LogP contribution in [0.1, 0.15) is 30.0 Å². The topological polar surface area (TPSA) is 35.5 Å². The lowest BCUT2D eigenvalue weighted by Gasteiger charge is -2.35. The van der Waals surface area contributed by atoms with Crippen LogP contribution in [-0.4, -0.2) is 42.8 Å². The number of hydrogen-bond donors (Lipinski definition) is 2. The quantitative estimate of drug-likeness (QED) is 0.876. The smallest absolute Gasteiger partial charge is 0.126 e. The molecule has 114 valence electrons. The van der Waals surface area contributed by atoms with Crippen LogP contribution in [0.15, 0.2) is 18.2 Å². The lowest BCUT2D eigenvalue weighted by atomic mass is 9.98. The van der Waals surface area contributed by atoms with E-state index < -0.39 is 0 Å². The van der Waals surface area contributed by atoms with Gasteiger partial charge in [0.25, 0.3) is 0 Å². The summed E-state index contributed by atoms with van der Waals surface area (Å²) in [4.78, 5) is 2.43. The minimum absolute atomic E-state index is 0. The molecule has 1 atom stereocenters. The van der Waals surface area contributed by atoms with Crippen LogP contribution < -0.4 is 5.32 Å². The SMILES string of the molecule is Cc1cc([C@@H](CCCO)N2CCNCC2)ccc1F.Cl. The second-order valence-corrected chi connectivity index (χ2v) is 5.18. The van der Waals surface area contributed by atoms with E-state index in [-0.39, 0.29) is 30.9 Å². The van der Waals surface area contributed by atoms with E-state index in [9.17, 15) is 4.39 Å². The first kappa shape index (κ1) is 17.4. The number of halogens is 2. The van der Waals surface area contributed by atoms with Gasteiger partial charge in [-0.3, -0.25) is 4.90 Å². The van der Waals surface area contributed by atoms with E-state index in [1.165, 1.54) is 0 Å². The number of aliphatic hydroxyl groups is 1. The van der Waals surface area contributed by atoms with E-state index in [1.54, 1.807) is 13.0 Å². The summed E-state index contributed by atoms with van der Waals surface area (Å²) < 4.78 is 13.4. The molecule has 0 radical (unpaired) electrons. The zero-order valence-corrected chi connectivity index (χ0v) is 12.8. The van der Waals surface area contributed by atoms with E-state index >= 15 is 0 Å². The Kier molecular flexibility index (Phi) is 7.45. The first-order valence-corrected chi connectivity index (χ1v) is 7.04. The Morgan fingerprint density at radius 2 is 2.05 bits per heavy atom. The number of piperazine rings is 1. The molecule has 1 aromatic rings. The van der Waals surface area contributed by atoms with Gasteiger partial charge in [-0.2, -0.15) is 0 Å². The number of benzene rings is 1. The van der Waals surface area contributed by atoms with Crippen molar-refractivity contribution in [2.75, 3.05) is 32.8 Å². The van der Waals surface area contributed by atoms with Crippen LogP contribution in [0.3, 0.4) is 0 Å². The number of nitrogens with one attached hydrogen (secondary N) is 1. The predicted octanol–water partition coefficient (Wildman–Crippen LogP) is 2.27. The summed E-state index contributed by atoms with van der Waals surface area (Å²) >= 11 is 0. The molecule has 1 aliphatic rings. The lowest BCUT2D eigenvalue weighted by Crippen LogP contribution is -2.45. The first-order chi connectivity index (χ1) is 9.22. The van der Waals surface area contributed by atoms with Gasteiger partial charge in [0.1, 0.15) is 5.82 Å². The maximum Gasteiger partial charge on any atom is 0.126 e. The molecule has 3 nitrogen and oxygen atoms in total. The number of aryl methyl sites for hydroxylation is 1. The van der Waals surface area contributed by atoms with Crippen molar-refractivity contribution in [2.24, 2.45) is 0 Å². The van der Waals surface area contributed by atoms with E-state index in [0.717, 1.165) is 44.6 Å². The fourth-order valence-electron chi connectivity index (χ4n) is 2.71. The monoisotopic (exact) mass is 302 g/mol. The number of aliphatic hydroxyl groups excluding tert-OH is 1. The molecule has 1 aromatic carbocycles. The third-order valence-corrected chi connectivity index (χ3v) is 3.79. The van der Waals surface area contributed by atoms with Crippen molar-refractivity contribution in [1.29, 1.82) is 0 Å². The number of rotatable bonds is 5. The zero-order valence-electron chi connectivity index (χ0n) is 11.9. The van der Waals surface area contributed by atoms with Crippen LogP contribution in [0.5, 0.6) is 0 Å². The molecule has 5 heteroatoms. The predicted molar refractivity (Wildman–Crippen MR) is 81.9 cm³/mol. The van der Waals surface area contributed by atoms with Crippen molar-refractivity contribution in [3.05, 3.63) is 35.1 Å². The average Bonchev–Trinajstić information content (AvgIpc) is 2.44. The summed E-state index contributed by atoms with van der Waals surface area (Å²) in [6, 6.07) is 5.67. The molecule has 0 amide bonds. The molecular weight excluding hydrogens is 279 g/mol. The Morgan fingerprint density at radius 1 is 1.35 bits per heavy atom. The highest BCUT2D eigenvalue weighted by Gasteiger charge is 2.22. The second-order valence-electron chi connectivity index (χ2n) is 5.18. The Balaban J connectivity index is 0.00000200. The van der Waals surface area contributed by atoms with Gasteiger partial charge in [-0.25, -0.2) is 4.39 Å². The summed E-state index contributed by atoms with van der Waals surface area (Å²) in [7, 11) is 0. The molecular formula is C15H24ClFN2O. The number of nitrogens with zero attached hydrogens (tertiary/aromatic N) is 1. The maximum atomic E-state index is 13.4. The fraction of sp³-hybridized carbons (Fsp3) is 0.600. The molecule has 1 heterocycles. The molecule has 0 aromatic heterocycles. The standard InChI is InChI=1S/C15H23FN2O.ClH/c1-12-11-13(4-5-14(12)16)15(3-2-10-19)18-8-6-17-7-9-18;/h4-5,11,15,17,19H,2-3,6-10H2,1H3;1H/t15-;/m1./s1. The molecule has 2 rings (SSSR count). The van der Waals surface area contributed by atoms with Gasteiger partial charge in [-0.05, 0) is 37.0 Å². The van der Waals surface area contributed by atoms with E-state index in [2.05, 4.69) is 10.2 Å². The number of hydrogen-bond acceptors (Lipinski definition) is 3. The molecule has 0 unspecified atom stereocenters. The summed E-state index contributed by atoms with van der Waals surface area (Å²) in [5.74, 6) is -0.148. The van der Waals surface area contributed by atoms with Gasteiger partial charge < -0.3 is 10.4 Å². The van der Waals surface area contributed by atoms with Crippen molar-refractivity contribution in [3.8, 4) is 0 Å². The average molecular weight is 303 g/mol. The van der Waals surface area contributed by atoms with Crippen LogP contribution in [0.2, 0.25) is 0 Å². The molecule has 1 aliphatic heterocycles. The third-order valence-electron chi connectivity index (χ3n) is 3.79. The van der Waals surface area contributed by atoms with Crippen molar-refractivity contribution in [2.45, 2.75) is 25.8 Å². The van der Waals surface area contributed by atoms with Crippen LogP contribution in [0, 0.1) is 12.7 Å². The summed E-state index contributed by atoms with van der Waals surface area (Å²) in [5, 5.41) is 12.4. The molecule has 2 N–H and O–H groups in total. The van der Waals surface area contributed by atoms with Gasteiger partial charge in [-0.15, -0.1) is 12.4 Å². The van der Waals surface area contributed by atoms with Gasteiger partial charge in [-0.1, -0.05) is 12.1 Å². The molecule has 20 heavy (non-hydrogen) atoms. The molecule has 0 bridgehead atoms. The van der Waals surface area contributed by atoms with Gasteiger partial charge in [0, 0.05) is 38.8 Å². The first-order valence-electron chi connectivity index (χ1n) is 7.04. The molecule has 1 saturated heterocycles. The summed E-state index contributed by atoms with van der Waals surface area (Å²) in [6.45, 7) is 6.02. The van der Waals surface area contributed by atoms with Crippen molar-refractivity contribution < 1.29 is 9.50 Å². The van der Waals surface area contributed by atoms with Crippen LogP contribution in [0.25, 0.3) is 0 Å². The van der Waals surface area contributed by atoms with Crippen molar-refractivity contribution >= 4 is 12.4 Å². The third kappa shape index (κ3) is 4.42. The molecule has 0 spiro atoms. The minimum Gasteiger partial charge on any atom is -0.396 e. The normalized spacial score (nSPS) is 17.6. The molecule has 0 saturated carbocycles. The van der Waals surface area contributed by atoms with Crippen LogP contribution >= 0.6 is 12.4 Å². The summed E-state index contributed by atoms with van der Waals surface area (Å²) in [5.41, 5.74) is 1.86. The lowest BCUT2D eigenvalue weighted by molar-refractivity contribution is 0.154. The van der Waals surface area contributed by atoms with Crippen molar-refractivity contribution in [1.82, 2.24) is 10.2 Å². The van der Waals surface area contributed by atoms with E-state index in [1.807, 2.05) is 12.1 Å². The highest BCUT2D eigenvalue weighted by Crippen LogP contribution is 2.27. The van der Waals surface area contributed by atoms with Crippen LogP contribution in [-0.2, 0) is 0 Å². The Morgan fingerprint density at radius 3 is 2.65 bits per heavy atom. The molecule has 1 fully saturated rings. The fourth-order valence-corrected chi connectivity index (χ4v) is 2.71. The summed E-state index contributed by atoms with van der Waals surface area (Å²) in [6.07, 6.45) is 1.70. The van der Waals surface area contributed by atoms with Crippen molar-refractivity contribution in [3.63, 3.8) is 0 Å². The Bertz CT molecular complexity index is 411.